The molecule has 1 aromatic heterocycles. The van der Waals surface area contributed by atoms with Gasteiger partial charge >= 0.3 is 0 Å². The number of hydrogen-bond acceptors (Lipinski definition) is 5. The molecule has 1 heterocycles. The van der Waals surface area contributed by atoms with Gasteiger partial charge in [-0.3, -0.25) is 4.79 Å². The maximum absolute atomic E-state index is 12.4. The number of nitrogens with two attached hydrogens (primary N) is 1. The van der Waals surface area contributed by atoms with Crippen molar-refractivity contribution in [3.8, 4) is 0 Å². The van der Waals surface area contributed by atoms with Crippen molar-refractivity contribution in [3.05, 3.63) is 47.1 Å². The largest absolute Gasteiger partial charge is 0.343 e. The smallest absolute Gasteiger partial charge is 0.248 e. The van der Waals surface area contributed by atoms with Crippen molar-refractivity contribution in [2.45, 2.75) is 64.0 Å². The quantitative estimate of drug-likeness (QED) is 0.826. The Labute approximate surface area is 160 Å². The van der Waals surface area contributed by atoms with Gasteiger partial charge in [0.15, 0.2) is 5.82 Å². The summed E-state index contributed by atoms with van der Waals surface area (Å²) in [5.74, 6) is 1.32. The first-order chi connectivity index (χ1) is 12.0. The van der Waals surface area contributed by atoms with Gasteiger partial charge in [0.25, 0.3) is 0 Å². The molecule has 142 valence electrons. The number of aryl methyl sites for hydroxylation is 1. The Morgan fingerprint density at radius 3 is 2.54 bits per heavy atom. The van der Waals surface area contributed by atoms with Crippen molar-refractivity contribution in [1.29, 1.82) is 0 Å². The number of hydrogen-bond donors (Lipinski definition) is 2. The molecule has 26 heavy (non-hydrogen) atoms. The predicted molar refractivity (Wildman–Crippen MR) is 102 cm³/mol. The molecule has 0 bridgehead atoms. The van der Waals surface area contributed by atoms with Crippen molar-refractivity contribution in [2.75, 3.05) is 0 Å². The van der Waals surface area contributed by atoms with Gasteiger partial charge < -0.3 is 15.6 Å². The van der Waals surface area contributed by atoms with Crippen LogP contribution >= 0.6 is 12.4 Å². The molecule has 1 aliphatic carbocycles. The van der Waals surface area contributed by atoms with E-state index in [-0.39, 0.29) is 24.4 Å². The Morgan fingerprint density at radius 2 is 1.88 bits per heavy atom. The summed E-state index contributed by atoms with van der Waals surface area (Å²) >= 11 is 0. The van der Waals surface area contributed by atoms with Gasteiger partial charge in [0.2, 0.25) is 11.8 Å². The van der Waals surface area contributed by atoms with E-state index >= 15 is 0 Å². The lowest BCUT2D eigenvalue weighted by Gasteiger charge is -2.17. The van der Waals surface area contributed by atoms with Crippen LogP contribution in [0.1, 0.15) is 79.9 Å². The van der Waals surface area contributed by atoms with Crippen molar-refractivity contribution < 1.29 is 9.32 Å². The molecular formula is C19H27ClN4O2. The van der Waals surface area contributed by atoms with Crippen molar-refractivity contribution in [3.63, 3.8) is 0 Å². The van der Waals surface area contributed by atoms with E-state index in [0.717, 1.165) is 29.8 Å². The molecule has 0 aliphatic heterocycles. The molecule has 1 aromatic carbocycles. The lowest BCUT2D eigenvalue weighted by atomic mass is 9.89. The molecule has 1 saturated carbocycles. The number of rotatable bonds is 5. The summed E-state index contributed by atoms with van der Waals surface area (Å²) in [6.45, 7) is 3.83. The van der Waals surface area contributed by atoms with Gasteiger partial charge in [-0.05, 0) is 32.3 Å². The number of carbonyl (C=O) groups is 1. The molecule has 2 unspecified atom stereocenters. The third kappa shape index (κ3) is 4.83. The zero-order valence-electron chi connectivity index (χ0n) is 15.3. The minimum atomic E-state index is -0.719. The van der Waals surface area contributed by atoms with Crippen LogP contribution in [0.25, 0.3) is 0 Å². The van der Waals surface area contributed by atoms with Crippen LogP contribution < -0.4 is 11.1 Å². The van der Waals surface area contributed by atoms with Gasteiger partial charge in [-0.25, -0.2) is 0 Å². The Morgan fingerprint density at radius 1 is 1.23 bits per heavy atom. The van der Waals surface area contributed by atoms with E-state index in [0.29, 0.717) is 11.8 Å². The highest BCUT2D eigenvalue weighted by Crippen LogP contribution is 2.31. The zero-order valence-corrected chi connectivity index (χ0v) is 16.1. The summed E-state index contributed by atoms with van der Waals surface area (Å²) in [6.07, 6.45) is 5.93. The molecular weight excluding hydrogens is 352 g/mol. The van der Waals surface area contributed by atoms with Crippen molar-refractivity contribution in [1.82, 2.24) is 15.5 Å². The van der Waals surface area contributed by atoms with E-state index in [1.54, 1.807) is 0 Å². The number of amides is 1. The van der Waals surface area contributed by atoms with Gasteiger partial charge in [-0.1, -0.05) is 54.2 Å². The second kappa shape index (κ2) is 9.14. The molecule has 3 rings (SSSR count). The van der Waals surface area contributed by atoms with Crippen LogP contribution in [0.15, 0.2) is 28.8 Å². The minimum Gasteiger partial charge on any atom is -0.343 e. The summed E-state index contributed by atoms with van der Waals surface area (Å²) in [7, 11) is 0. The SMILES string of the molecule is Cc1ccc(C(N)C(=O)NC(C)c2nc(C3CCCCC3)no2)cc1.Cl. The monoisotopic (exact) mass is 378 g/mol. The van der Waals surface area contributed by atoms with Crippen LogP contribution in [0.4, 0.5) is 0 Å². The molecule has 0 radical (unpaired) electrons. The van der Waals surface area contributed by atoms with Gasteiger partial charge in [0.1, 0.15) is 12.1 Å². The number of benzene rings is 1. The highest BCUT2D eigenvalue weighted by Gasteiger charge is 2.25. The Kier molecular flexibility index (Phi) is 7.17. The molecule has 7 heteroatoms. The fraction of sp³-hybridized carbons (Fsp3) is 0.526. The topological polar surface area (TPSA) is 94.0 Å². The van der Waals surface area contributed by atoms with Crippen LogP contribution in [-0.4, -0.2) is 16.0 Å². The molecule has 2 atom stereocenters. The fourth-order valence-electron chi connectivity index (χ4n) is 3.24. The van der Waals surface area contributed by atoms with Gasteiger partial charge in [-0.15, -0.1) is 12.4 Å². The highest BCUT2D eigenvalue weighted by molar-refractivity contribution is 5.85. The number of nitrogens with zero attached hydrogens (tertiary/aromatic N) is 2. The number of carbonyl (C=O) groups excluding carboxylic acids is 1. The third-order valence-electron chi connectivity index (χ3n) is 4.88. The molecule has 2 aromatic rings. The second-order valence-electron chi connectivity index (χ2n) is 6.94. The lowest BCUT2D eigenvalue weighted by molar-refractivity contribution is -0.123. The normalized spacial score (nSPS) is 17.2. The average molecular weight is 379 g/mol. The summed E-state index contributed by atoms with van der Waals surface area (Å²) in [5, 5.41) is 6.98. The van der Waals surface area contributed by atoms with Crippen molar-refractivity contribution in [2.24, 2.45) is 5.73 Å². The van der Waals surface area contributed by atoms with Gasteiger partial charge in [0, 0.05) is 5.92 Å². The van der Waals surface area contributed by atoms with E-state index in [4.69, 9.17) is 10.3 Å². The minimum absolute atomic E-state index is 0. The summed E-state index contributed by atoms with van der Waals surface area (Å²) in [4.78, 5) is 16.9. The first-order valence-electron chi connectivity index (χ1n) is 9.00. The number of aromatic nitrogens is 2. The summed E-state index contributed by atoms with van der Waals surface area (Å²) in [6, 6.07) is 6.55. The molecule has 1 aliphatic rings. The van der Waals surface area contributed by atoms with Gasteiger partial charge in [0.05, 0.1) is 0 Å². The van der Waals surface area contributed by atoms with Crippen LogP contribution in [0.5, 0.6) is 0 Å². The van der Waals surface area contributed by atoms with E-state index in [1.165, 1.54) is 19.3 Å². The Hall–Kier alpha value is -1.92. The van der Waals surface area contributed by atoms with E-state index in [2.05, 4.69) is 15.5 Å². The van der Waals surface area contributed by atoms with Crippen LogP contribution in [-0.2, 0) is 4.79 Å². The maximum Gasteiger partial charge on any atom is 0.248 e. The molecule has 0 saturated heterocycles. The van der Waals surface area contributed by atoms with Crippen LogP contribution in [0, 0.1) is 6.92 Å². The Balaban J connectivity index is 0.00000243. The molecule has 3 N–H and O–H groups in total. The summed E-state index contributed by atoms with van der Waals surface area (Å²) < 4.78 is 5.37. The van der Waals surface area contributed by atoms with Gasteiger partial charge in [-0.2, -0.15) is 4.98 Å². The van der Waals surface area contributed by atoms with Crippen LogP contribution in [0.3, 0.4) is 0 Å². The zero-order chi connectivity index (χ0) is 17.8. The predicted octanol–water partition coefficient (Wildman–Crippen LogP) is 3.72. The number of nitrogens with one attached hydrogen (secondary N) is 1. The Bertz CT molecular complexity index is 711. The van der Waals surface area contributed by atoms with E-state index in [9.17, 15) is 4.79 Å². The van der Waals surface area contributed by atoms with E-state index < -0.39 is 6.04 Å². The lowest BCUT2D eigenvalue weighted by Crippen LogP contribution is -2.35. The average Bonchev–Trinajstić information content (AvgIpc) is 3.13. The fourth-order valence-corrected chi connectivity index (χ4v) is 3.24. The third-order valence-corrected chi connectivity index (χ3v) is 4.88. The number of halogens is 1. The first-order valence-corrected chi connectivity index (χ1v) is 9.00. The molecule has 1 amide bonds. The van der Waals surface area contributed by atoms with Crippen molar-refractivity contribution >= 4 is 18.3 Å². The van der Waals surface area contributed by atoms with Crippen LogP contribution in [0.2, 0.25) is 0 Å². The molecule has 6 nitrogen and oxygen atoms in total. The highest BCUT2D eigenvalue weighted by atomic mass is 35.5. The molecule has 0 spiro atoms. The first kappa shape index (κ1) is 20.4. The standard InChI is InChI=1S/C19H26N4O2.ClH/c1-12-8-10-14(11-9-12)16(20)18(24)21-13(2)19-22-17(23-25-19)15-6-4-3-5-7-15;/h8-11,13,15-16H,3-7,20H2,1-2H3,(H,21,24);1H. The van der Waals surface area contributed by atoms with E-state index in [1.807, 2.05) is 38.1 Å². The maximum atomic E-state index is 12.4. The summed E-state index contributed by atoms with van der Waals surface area (Å²) in [5.41, 5.74) is 7.97. The molecule has 1 fully saturated rings. The second-order valence-corrected chi connectivity index (χ2v) is 6.94.